The van der Waals surface area contributed by atoms with Crippen molar-refractivity contribution in [2.45, 2.75) is 45.4 Å². The summed E-state index contributed by atoms with van der Waals surface area (Å²) in [5, 5.41) is 6.87. The lowest BCUT2D eigenvalue weighted by molar-refractivity contribution is 0.0888. The van der Waals surface area contributed by atoms with E-state index in [1.165, 1.54) is 25.7 Å². The molecule has 142 valence electrons. The molecule has 0 spiro atoms. The number of nitrogens with zero attached hydrogens (tertiary/aromatic N) is 1. The number of nitrogens with one attached hydrogen (secondary N) is 2. The van der Waals surface area contributed by atoms with E-state index in [9.17, 15) is 0 Å². The van der Waals surface area contributed by atoms with Crippen molar-refractivity contribution in [2.24, 2.45) is 22.7 Å². The predicted molar refractivity (Wildman–Crippen MR) is 110 cm³/mol. The first-order valence-electron chi connectivity index (χ1n) is 9.39. The van der Waals surface area contributed by atoms with Crippen LogP contribution in [-0.4, -0.2) is 52.5 Å². The van der Waals surface area contributed by atoms with Crippen molar-refractivity contribution >= 4 is 29.9 Å². The third-order valence-corrected chi connectivity index (χ3v) is 5.18. The van der Waals surface area contributed by atoms with E-state index in [-0.39, 0.29) is 24.0 Å². The lowest BCUT2D eigenvalue weighted by atomic mass is 9.80. The van der Waals surface area contributed by atoms with Crippen LogP contribution in [-0.2, 0) is 9.47 Å². The van der Waals surface area contributed by atoms with Crippen molar-refractivity contribution in [3.8, 4) is 0 Å². The van der Waals surface area contributed by atoms with Crippen molar-refractivity contribution in [3.63, 3.8) is 0 Å². The van der Waals surface area contributed by atoms with Gasteiger partial charge in [-0.05, 0) is 31.1 Å². The van der Waals surface area contributed by atoms with E-state index >= 15 is 0 Å². The van der Waals surface area contributed by atoms with E-state index in [0.29, 0.717) is 5.92 Å². The molecule has 2 N–H and O–H groups in total. The molecule has 1 saturated carbocycles. The van der Waals surface area contributed by atoms with Crippen molar-refractivity contribution < 1.29 is 9.47 Å². The number of rotatable bonds is 8. The summed E-state index contributed by atoms with van der Waals surface area (Å²) >= 11 is 0. The maximum atomic E-state index is 5.72. The number of ether oxygens (including phenoxy) is 2. The molecule has 0 bridgehead atoms. The molecule has 24 heavy (non-hydrogen) atoms. The van der Waals surface area contributed by atoms with Crippen LogP contribution in [0.2, 0.25) is 0 Å². The molecule has 5 nitrogen and oxygen atoms in total. The van der Waals surface area contributed by atoms with E-state index in [0.717, 1.165) is 70.2 Å². The standard InChI is InChI=1S/C18H35N3O2.HI/c1-15-6-3-4-7-17(15)12-21-18(19-2)20-9-5-10-22-13-16-8-11-23-14-16;/h15-17H,3-14H2,1-2H3,(H2,19,20,21);1H. The minimum Gasteiger partial charge on any atom is -0.381 e. The molecule has 1 saturated heterocycles. The van der Waals surface area contributed by atoms with Gasteiger partial charge in [0.2, 0.25) is 0 Å². The van der Waals surface area contributed by atoms with Crippen molar-refractivity contribution in [3.05, 3.63) is 0 Å². The largest absolute Gasteiger partial charge is 0.381 e. The lowest BCUT2D eigenvalue weighted by Gasteiger charge is -2.29. The van der Waals surface area contributed by atoms with Crippen LogP contribution >= 0.6 is 24.0 Å². The summed E-state index contributed by atoms with van der Waals surface area (Å²) in [5.41, 5.74) is 0. The predicted octanol–water partition coefficient (Wildman–Crippen LogP) is 3.04. The Morgan fingerprint density at radius 3 is 2.75 bits per heavy atom. The first kappa shape index (κ1) is 22.0. The summed E-state index contributed by atoms with van der Waals surface area (Å²) in [5.74, 6) is 3.16. The van der Waals surface area contributed by atoms with Gasteiger partial charge < -0.3 is 20.1 Å². The molecule has 3 unspecified atom stereocenters. The Labute approximate surface area is 164 Å². The third kappa shape index (κ3) is 8.34. The Kier molecular flexibility index (Phi) is 12.0. The summed E-state index contributed by atoms with van der Waals surface area (Å²) in [6.45, 7) is 7.74. The van der Waals surface area contributed by atoms with Crippen LogP contribution in [0, 0.1) is 17.8 Å². The number of halogens is 1. The summed E-state index contributed by atoms with van der Waals surface area (Å²) in [4.78, 5) is 4.32. The van der Waals surface area contributed by atoms with Crippen molar-refractivity contribution in [2.75, 3.05) is 46.6 Å². The van der Waals surface area contributed by atoms with Gasteiger partial charge in [-0.25, -0.2) is 0 Å². The molecule has 0 aromatic carbocycles. The second-order valence-corrected chi connectivity index (χ2v) is 7.06. The lowest BCUT2D eigenvalue weighted by Crippen LogP contribution is -2.41. The average Bonchev–Trinajstić information content (AvgIpc) is 3.08. The molecular weight excluding hydrogens is 417 g/mol. The topological polar surface area (TPSA) is 54.9 Å². The van der Waals surface area contributed by atoms with Crippen LogP contribution in [0.15, 0.2) is 4.99 Å². The Bertz CT molecular complexity index is 349. The normalized spacial score (nSPS) is 27.6. The van der Waals surface area contributed by atoms with Gasteiger partial charge in [-0.1, -0.05) is 26.2 Å². The van der Waals surface area contributed by atoms with Crippen molar-refractivity contribution in [1.29, 1.82) is 0 Å². The van der Waals surface area contributed by atoms with Gasteiger partial charge in [-0.3, -0.25) is 4.99 Å². The van der Waals surface area contributed by atoms with E-state index in [2.05, 4.69) is 22.5 Å². The molecule has 0 aromatic rings. The number of hydrogen-bond donors (Lipinski definition) is 2. The van der Waals surface area contributed by atoms with Crippen LogP contribution in [0.25, 0.3) is 0 Å². The average molecular weight is 453 g/mol. The SMILES string of the molecule is CN=C(NCCCOCC1CCOC1)NCC1CCCCC1C.I. The fourth-order valence-corrected chi connectivity index (χ4v) is 3.49. The molecule has 0 amide bonds. The van der Waals surface area contributed by atoms with Gasteiger partial charge in [0.05, 0.1) is 13.2 Å². The Hall–Kier alpha value is -0.0800. The molecule has 0 radical (unpaired) electrons. The molecule has 3 atom stereocenters. The van der Waals surface area contributed by atoms with Gasteiger partial charge in [0.1, 0.15) is 0 Å². The molecule has 2 rings (SSSR count). The molecule has 6 heteroatoms. The zero-order chi connectivity index (χ0) is 16.3. The Morgan fingerprint density at radius 1 is 1.21 bits per heavy atom. The molecule has 1 aliphatic heterocycles. The zero-order valence-corrected chi connectivity index (χ0v) is 17.7. The highest BCUT2D eigenvalue weighted by Gasteiger charge is 2.21. The van der Waals surface area contributed by atoms with E-state index in [1.54, 1.807) is 0 Å². The quantitative estimate of drug-likeness (QED) is 0.257. The van der Waals surface area contributed by atoms with Gasteiger partial charge in [-0.2, -0.15) is 0 Å². The summed E-state index contributed by atoms with van der Waals surface area (Å²) in [6.07, 6.45) is 7.66. The molecule has 2 fully saturated rings. The fraction of sp³-hybridized carbons (Fsp3) is 0.944. The van der Waals surface area contributed by atoms with Crippen LogP contribution in [0.1, 0.15) is 45.4 Å². The molecule has 2 aliphatic rings. The second kappa shape index (κ2) is 13.2. The van der Waals surface area contributed by atoms with E-state index in [4.69, 9.17) is 9.47 Å². The smallest absolute Gasteiger partial charge is 0.190 e. The highest BCUT2D eigenvalue weighted by molar-refractivity contribution is 14.0. The van der Waals surface area contributed by atoms with E-state index < -0.39 is 0 Å². The monoisotopic (exact) mass is 453 g/mol. The first-order chi connectivity index (χ1) is 11.3. The van der Waals surface area contributed by atoms with Gasteiger partial charge >= 0.3 is 0 Å². The Balaban J connectivity index is 0.00000288. The van der Waals surface area contributed by atoms with Gasteiger partial charge in [0.25, 0.3) is 0 Å². The Morgan fingerprint density at radius 2 is 2.04 bits per heavy atom. The molecule has 1 aliphatic carbocycles. The van der Waals surface area contributed by atoms with Crippen LogP contribution in [0.4, 0.5) is 0 Å². The van der Waals surface area contributed by atoms with Crippen LogP contribution < -0.4 is 10.6 Å². The summed E-state index contributed by atoms with van der Waals surface area (Å²) < 4.78 is 11.1. The number of hydrogen-bond acceptors (Lipinski definition) is 3. The molecule has 1 heterocycles. The maximum Gasteiger partial charge on any atom is 0.190 e. The molecule has 0 aromatic heterocycles. The van der Waals surface area contributed by atoms with Gasteiger partial charge in [-0.15, -0.1) is 24.0 Å². The third-order valence-electron chi connectivity index (χ3n) is 5.18. The minimum atomic E-state index is 0. The fourth-order valence-electron chi connectivity index (χ4n) is 3.49. The van der Waals surface area contributed by atoms with Crippen LogP contribution in [0.3, 0.4) is 0 Å². The summed E-state index contributed by atoms with van der Waals surface area (Å²) in [6, 6.07) is 0. The van der Waals surface area contributed by atoms with Crippen molar-refractivity contribution in [1.82, 2.24) is 10.6 Å². The highest BCUT2D eigenvalue weighted by atomic mass is 127. The van der Waals surface area contributed by atoms with Gasteiger partial charge in [0, 0.05) is 39.3 Å². The van der Waals surface area contributed by atoms with Gasteiger partial charge in [0.15, 0.2) is 5.96 Å². The zero-order valence-electron chi connectivity index (χ0n) is 15.4. The maximum absolute atomic E-state index is 5.72. The highest BCUT2D eigenvalue weighted by Crippen LogP contribution is 2.28. The van der Waals surface area contributed by atoms with Crippen LogP contribution in [0.5, 0.6) is 0 Å². The number of guanidine groups is 1. The minimum absolute atomic E-state index is 0. The molecular formula is C18H36IN3O2. The van der Waals surface area contributed by atoms with E-state index in [1.807, 2.05) is 7.05 Å². The number of aliphatic imine (C=N–C) groups is 1. The summed E-state index contributed by atoms with van der Waals surface area (Å²) in [7, 11) is 1.84. The second-order valence-electron chi connectivity index (χ2n) is 7.06. The first-order valence-corrected chi connectivity index (χ1v) is 9.39.